The van der Waals surface area contributed by atoms with E-state index in [0.717, 1.165) is 43.3 Å². The zero-order chi connectivity index (χ0) is 13.4. The Morgan fingerprint density at radius 2 is 2.21 bits per heavy atom. The fourth-order valence-corrected chi connectivity index (χ4v) is 2.78. The lowest BCUT2D eigenvalue weighted by Gasteiger charge is -2.31. The van der Waals surface area contributed by atoms with Gasteiger partial charge in [0.2, 0.25) is 5.78 Å². The first-order chi connectivity index (χ1) is 9.11. The third-order valence-corrected chi connectivity index (χ3v) is 3.65. The van der Waals surface area contributed by atoms with Gasteiger partial charge in [-0.05, 0) is 26.8 Å². The number of aromatic nitrogens is 3. The standard InChI is InChI=1S/C14H21N5/c1-10-6-12(3)19-9-13(17-14(19)16-10)8-18-5-4-15-11(2)7-18/h6,9,11,15H,4-5,7-8H2,1-3H3/t11-/m1/s1. The highest BCUT2D eigenvalue weighted by Gasteiger charge is 2.17. The van der Waals surface area contributed by atoms with Gasteiger partial charge < -0.3 is 5.32 Å². The molecular formula is C14H21N5. The minimum Gasteiger partial charge on any atom is -0.312 e. The molecule has 0 aromatic carbocycles. The quantitative estimate of drug-likeness (QED) is 0.878. The van der Waals surface area contributed by atoms with Crippen molar-refractivity contribution >= 4 is 5.78 Å². The molecule has 3 heterocycles. The lowest BCUT2D eigenvalue weighted by molar-refractivity contribution is 0.198. The van der Waals surface area contributed by atoms with Gasteiger partial charge in [0.15, 0.2) is 0 Å². The van der Waals surface area contributed by atoms with Crippen molar-refractivity contribution in [2.24, 2.45) is 0 Å². The van der Waals surface area contributed by atoms with E-state index < -0.39 is 0 Å². The number of nitrogens with zero attached hydrogens (tertiary/aromatic N) is 4. The molecule has 2 aromatic rings. The predicted octanol–water partition coefficient (Wildman–Crippen LogP) is 1.14. The summed E-state index contributed by atoms with van der Waals surface area (Å²) in [5.74, 6) is 0.815. The number of hydrogen-bond acceptors (Lipinski definition) is 4. The Morgan fingerprint density at radius 3 is 3.00 bits per heavy atom. The lowest BCUT2D eigenvalue weighted by Crippen LogP contribution is -2.48. The van der Waals surface area contributed by atoms with Gasteiger partial charge in [-0.15, -0.1) is 0 Å². The molecule has 1 saturated heterocycles. The van der Waals surface area contributed by atoms with Crippen LogP contribution in [0, 0.1) is 13.8 Å². The molecule has 1 fully saturated rings. The maximum absolute atomic E-state index is 4.64. The molecular weight excluding hydrogens is 238 g/mol. The SMILES string of the molecule is Cc1cc(C)n2cc(CN3CCN[C@H](C)C3)nc2n1. The predicted molar refractivity (Wildman–Crippen MR) is 75.2 cm³/mol. The molecule has 1 atom stereocenters. The Bertz CT molecular complexity index is 589. The van der Waals surface area contributed by atoms with Crippen molar-refractivity contribution in [2.75, 3.05) is 19.6 Å². The van der Waals surface area contributed by atoms with E-state index >= 15 is 0 Å². The number of aryl methyl sites for hydroxylation is 2. The van der Waals surface area contributed by atoms with E-state index in [9.17, 15) is 0 Å². The molecule has 0 spiro atoms. The molecule has 1 aliphatic heterocycles. The summed E-state index contributed by atoms with van der Waals surface area (Å²) in [6.07, 6.45) is 2.11. The van der Waals surface area contributed by atoms with Crippen LogP contribution in [0.5, 0.6) is 0 Å². The topological polar surface area (TPSA) is 45.5 Å². The van der Waals surface area contributed by atoms with Crippen LogP contribution >= 0.6 is 0 Å². The smallest absolute Gasteiger partial charge is 0.234 e. The Morgan fingerprint density at radius 1 is 1.37 bits per heavy atom. The van der Waals surface area contributed by atoms with Crippen LogP contribution in [-0.2, 0) is 6.54 Å². The molecule has 0 bridgehead atoms. The van der Waals surface area contributed by atoms with Gasteiger partial charge in [0.05, 0.1) is 5.69 Å². The Labute approximate surface area is 113 Å². The van der Waals surface area contributed by atoms with Gasteiger partial charge in [-0.25, -0.2) is 9.97 Å². The van der Waals surface area contributed by atoms with E-state index in [4.69, 9.17) is 0 Å². The Kier molecular flexibility index (Phi) is 3.24. The third kappa shape index (κ3) is 2.62. The molecule has 0 aliphatic carbocycles. The summed E-state index contributed by atoms with van der Waals surface area (Å²) in [4.78, 5) is 11.6. The first kappa shape index (κ1) is 12.6. The molecule has 5 nitrogen and oxygen atoms in total. The molecule has 0 radical (unpaired) electrons. The number of nitrogens with one attached hydrogen (secondary N) is 1. The summed E-state index contributed by atoms with van der Waals surface area (Å²) >= 11 is 0. The van der Waals surface area contributed by atoms with Crippen molar-refractivity contribution in [3.8, 4) is 0 Å². The lowest BCUT2D eigenvalue weighted by atomic mass is 10.2. The van der Waals surface area contributed by atoms with Crippen LogP contribution in [0.15, 0.2) is 12.3 Å². The van der Waals surface area contributed by atoms with Crippen molar-refractivity contribution in [1.82, 2.24) is 24.6 Å². The fraction of sp³-hybridized carbons (Fsp3) is 0.571. The van der Waals surface area contributed by atoms with E-state index in [1.54, 1.807) is 0 Å². The van der Waals surface area contributed by atoms with Crippen LogP contribution in [0.1, 0.15) is 24.0 Å². The van der Waals surface area contributed by atoms with Crippen LogP contribution in [0.4, 0.5) is 0 Å². The zero-order valence-corrected chi connectivity index (χ0v) is 11.8. The summed E-state index contributed by atoms with van der Waals surface area (Å²) in [6, 6.07) is 2.65. The number of imidazole rings is 1. The van der Waals surface area contributed by atoms with Crippen LogP contribution < -0.4 is 5.32 Å². The van der Waals surface area contributed by atoms with Gasteiger partial charge in [-0.3, -0.25) is 9.30 Å². The largest absolute Gasteiger partial charge is 0.312 e. The maximum Gasteiger partial charge on any atom is 0.234 e. The molecule has 2 aromatic heterocycles. The maximum atomic E-state index is 4.64. The minimum atomic E-state index is 0.563. The summed E-state index contributed by atoms with van der Waals surface area (Å²) < 4.78 is 2.08. The van der Waals surface area contributed by atoms with Gasteiger partial charge in [0.1, 0.15) is 0 Å². The van der Waals surface area contributed by atoms with Crippen LogP contribution in [0.2, 0.25) is 0 Å². The summed E-state index contributed by atoms with van der Waals surface area (Å²) in [5, 5.41) is 3.46. The third-order valence-electron chi connectivity index (χ3n) is 3.65. The molecule has 1 aliphatic rings. The highest BCUT2D eigenvalue weighted by atomic mass is 15.2. The highest BCUT2D eigenvalue weighted by Crippen LogP contribution is 2.11. The van der Waals surface area contributed by atoms with Gasteiger partial charge in [0.25, 0.3) is 0 Å². The van der Waals surface area contributed by atoms with Crippen molar-refractivity contribution in [3.63, 3.8) is 0 Å². The molecule has 0 unspecified atom stereocenters. The molecule has 1 N–H and O–H groups in total. The first-order valence-electron chi connectivity index (χ1n) is 6.90. The van der Waals surface area contributed by atoms with Crippen LogP contribution in [0.3, 0.4) is 0 Å². The Hall–Kier alpha value is -1.46. The monoisotopic (exact) mass is 259 g/mol. The summed E-state index contributed by atoms with van der Waals surface area (Å²) in [7, 11) is 0. The molecule has 19 heavy (non-hydrogen) atoms. The fourth-order valence-electron chi connectivity index (χ4n) is 2.78. The van der Waals surface area contributed by atoms with Gasteiger partial charge in [-0.1, -0.05) is 0 Å². The van der Waals surface area contributed by atoms with E-state index in [2.05, 4.69) is 50.7 Å². The second kappa shape index (κ2) is 4.90. The second-order valence-corrected chi connectivity index (χ2v) is 5.53. The number of rotatable bonds is 2. The number of hydrogen-bond donors (Lipinski definition) is 1. The molecule has 3 rings (SSSR count). The van der Waals surface area contributed by atoms with Crippen molar-refractivity contribution in [2.45, 2.75) is 33.4 Å². The zero-order valence-electron chi connectivity index (χ0n) is 11.8. The normalized spacial score (nSPS) is 21.1. The van der Waals surface area contributed by atoms with Gasteiger partial charge in [0, 0.05) is 49.8 Å². The van der Waals surface area contributed by atoms with Crippen LogP contribution in [-0.4, -0.2) is 44.9 Å². The number of piperazine rings is 1. The van der Waals surface area contributed by atoms with Crippen LogP contribution in [0.25, 0.3) is 5.78 Å². The Balaban J connectivity index is 1.83. The minimum absolute atomic E-state index is 0.563. The molecule has 0 amide bonds. The van der Waals surface area contributed by atoms with Crippen molar-refractivity contribution in [3.05, 3.63) is 29.3 Å². The highest BCUT2D eigenvalue weighted by molar-refractivity contribution is 5.34. The molecule has 5 heteroatoms. The van der Waals surface area contributed by atoms with E-state index in [0.29, 0.717) is 6.04 Å². The van der Waals surface area contributed by atoms with E-state index in [1.807, 2.05) is 6.92 Å². The van der Waals surface area contributed by atoms with Gasteiger partial charge in [-0.2, -0.15) is 0 Å². The molecule has 0 saturated carbocycles. The second-order valence-electron chi connectivity index (χ2n) is 5.53. The summed E-state index contributed by atoms with van der Waals surface area (Å²) in [6.45, 7) is 10.5. The van der Waals surface area contributed by atoms with E-state index in [-0.39, 0.29) is 0 Å². The summed E-state index contributed by atoms with van der Waals surface area (Å²) in [5.41, 5.74) is 3.32. The average molecular weight is 259 g/mol. The average Bonchev–Trinajstić information content (AvgIpc) is 2.71. The first-order valence-corrected chi connectivity index (χ1v) is 6.90. The van der Waals surface area contributed by atoms with Crippen molar-refractivity contribution < 1.29 is 0 Å². The van der Waals surface area contributed by atoms with E-state index in [1.165, 1.54) is 5.69 Å². The number of fused-ring (bicyclic) bond motifs is 1. The molecule has 102 valence electrons. The van der Waals surface area contributed by atoms with Crippen molar-refractivity contribution in [1.29, 1.82) is 0 Å². The van der Waals surface area contributed by atoms with Gasteiger partial charge >= 0.3 is 0 Å².